The molecule has 0 bridgehead atoms. The Balaban J connectivity index is 2.44. The van der Waals surface area contributed by atoms with Crippen LogP contribution >= 0.6 is 15.9 Å². The number of piperidine rings is 1. The predicted molar refractivity (Wildman–Crippen MR) is 84.4 cm³/mol. The molecule has 114 valence electrons. The molecular weight excluding hydrogens is 336 g/mol. The Bertz CT molecular complexity index is 586. The van der Waals surface area contributed by atoms with Crippen molar-refractivity contribution in [3.05, 3.63) is 28.2 Å². The monoisotopic (exact) mass is 354 g/mol. The largest absolute Gasteiger partial charge is 0.480 e. The average molecular weight is 355 g/mol. The molecule has 1 amide bonds. The number of hydrogen-bond donors (Lipinski definition) is 2. The first-order chi connectivity index (χ1) is 9.74. The van der Waals surface area contributed by atoms with Gasteiger partial charge in [0.05, 0.1) is 5.69 Å². The van der Waals surface area contributed by atoms with Crippen molar-refractivity contribution < 1.29 is 14.7 Å². The highest BCUT2D eigenvalue weighted by molar-refractivity contribution is 9.10. The number of carboxylic acids is 1. The molecule has 1 unspecified atom stereocenters. The molecule has 6 heteroatoms. The first-order valence-electron chi connectivity index (χ1n) is 6.83. The molecular formula is C15H19BrN2O3. The maximum atomic E-state index is 11.7. The highest BCUT2D eigenvalue weighted by atomic mass is 79.9. The van der Waals surface area contributed by atoms with Crippen LogP contribution in [0.25, 0.3) is 0 Å². The lowest BCUT2D eigenvalue weighted by Gasteiger charge is -2.45. The minimum absolute atomic E-state index is 0.314. The highest BCUT2D eigenvalue weighted by Gasteiger charge is 2.43. The third-order valence-corrected chi connectivity index (χ3v) is 4.68. The van der Waals surface area contributed by atoms with E-state index < -0.39 is 17.9 Å². The minimum Gasteiger partial charge on any atom is -0.480 e. The zero-order valence-electron chi connectivity index (χ0n) is 12.1. The van der Waals surface area contributed by atoms with E-state index >= 15 is 0 Å². The lowest BCUT2D eigenvalue weighted by Crippen LogP contribution is -2.54. The van der Waals surface area contributed by atoms with Crippen molar-refractivity contribution in [1.82, 2.24) is 0 Å². The van der Waals surface area contributed by atoms with Crippen LogP contribution in [0.15, 0.2) is 22.7 Å². The van der Waals surface area contributed by atoms with Crippen LogP contribution < -0.4 is 10.6 Å². The summed E-state index contributed by atoms with van der Waals surface area (Å²) < 4.78 is 0.683. The summed E-state index contributed by atoms with van der Waals surface area (Å²) >= 11 is 3.42. The second-order valence-corrected chi connectivity index (χ2v) is 6.91. The van der Waals surface area contributed by atoms with Crippen molar-refractivity contribution in [2.75, 3.05) is 11.4 Å². The zero-order chi connectivity index (χ0) is 15.8. The van der Waals surface area contributed by atoms with E-state index in [9.17, 15) is 14.7 Å². The number of carboxylic acid groups (broad SMARTS) is 1. The molecule has 21 heavy (non-hydrogen) atoms. The molecule has 5 nitrogen and oxygen atoms in total. The van der Waals surface area contributed by atoms with Gasteiger partial charge in [-0.1, -0.05) is 13.8 Å². The van der Waals surface area contributed by atoms with Crippen molar-refractivity contribution in [3.63, 3.8) is 0 Å². The number of primary amides is 1. The molecule has 1 aliphatic rings. The summed E-state index contributed by atoms with van der Waals surface area (Å²) in [5, 5.41) is 9.61. The molecule has 1 aromatic rings. The molecule has 0 aliphatic carbocycles. The Hall–Kier alpha value is -1.56. The summed E-state index contributed by atoms with van der Waals surface area (Å²) in [6.45, 7) is 4.63. The molecule has 1 heterocycles. The topological polar surface area (TPSA) is 83.6 Å². The quantitative estimate of drug-likeness (QED) is 0.873. The van der Waals surface area contributed by atoms with Crippen molar-refractivity contribution in [2.45, 2.75) is 32.7 Å². The van der Waals surface area contributed by atoms with Gasteiger partial charge in [0.25, 0.3) is 0 Å². The van der Waals surface area contributed by atoms with Gasteiger partial charge in [0, 0.05) is 16.6 Å². The Labute approximate surface area is 132 Å². The third-order valence-electron chi connectivity index (χ3n) is 4.05. The van der Waals surface area contributed by atoms with Gasteiger partial charge in [-0.3, -0.25) is 4.79 Å². The maximum Gasteiger partial charge on any atom is 0.326 e. The Morgan fingerprint density at radius 3 is 2.62 bits per heavy atom. The molecule has 0 saturated carbocycles. The molecule has 0 radical (unpaired) electrons. The van der Waals surface area contributed by atoms with E-state index in [1.54, 1.807) is 18.2 Å². The molecule has 1 aromatic carbocycles. The fourth-order valence-electron chi connectivity index (χ4n) is 3.01. The zero-order valence-corrected chi connectivity index (χ0v) is 13.7. The van der Waals surface area contributed by atoms with Crippen molar-refractivity contribution in [1.29, 1.82) is 0 Å². The number of halogens is 1. The van der Waals surface area contributed by atoms with Crippen LogP contribution in [0.5, 0.6) is 0 Å². The highest BCUT2D eigenvalue weighted by Crippen LogP contribution is 2.40. The summed E-state index contributed by atoms with van der Waals surface area (Å²) in [4.78, 5) is 24.8. The van der Waals surface area contributed by atoms with E-state index in [-0.39, 0.29) is 5.41 Å². The second kappa shape index (κ2) is 5.67. The van der Waals surface area contributed by atoms with E-state index in [1.165, 1.54) is 0 Å². The van der Waals surface area contributed by atoms with E-state index in [1.807, 2.05) is 18.7 Å². The first kappa shape index (κ1) is 15.8. The predicted octanol–water partition coefficient (Wildman–Crippen LogP) is 2.63. The molecule has 0 spiro atoms. The first-order valence-corrected chi connectivity index (χ1v) is 7.62. The van der Waals surface area contributed by atoms with Crippen LogP contribution in [-0.4, -0.2) is 29.6 Å². The fraction of sp³-hybridized carbons (Fsp3) is 0.467. The van der Waals surface area contributed by atoms with Crippen LogP contribution in [0.3, 0.4) is 0 Å². The number of amides is 1. The fourth-order valence-corrected chi connectivity index (χ4v) is 3.62. The number of carbonyl (C=O) groups is 2. The third kappa shape index (κ3) is 3.05. The van der Waals surface area contributed by atoms with Crippen LogP contribution in [0.1, 0.15) is 37.0 Å². The molecule has 1 fully saturated rings. The number of carbonyl (C=O) groups excluding carboxylic acids is 1. The normalized spacial score (nSPS) is 21.1. The van der Waals surface area contributed by atoms with Gasteiger partial charge in [-0.15, -0.1) is 0 Å². The van der Waals surface area contributed by atoms with Crippen molar-refractivity contribution in [3.8, 4) is 0 Å². The van der Waals surface area contributed by atoms with Gasteiger partial charge in [-0.25, -0.2) is 4.79 Å². The number of rotatable bonds is 3. The summed E-state index contributed by atoms with van der Waals surface area (Å²) in [5.74, 6) is -1.33. The summed E-state index contributed by atoms with van der Waals surface area (Å²) in [5.41, 5.74) is 6.12. The maximum absolute atomic E-state index is 11.7. The van der Waals surface area contributed by atoms with E-state index in [2.05, 4.69) is 15.9 Å². The van der Waals surface area contributed by atoms with Gasteiger partial charge >= 0.3 is 5.97 Å². The molecule has 3 N–H and O–H groups in total. The SMILES string of the molecule is CC1(C)CCCN(c2ccc(C(N)=O)cc2Br)C1C(=O)O. The Morgan fingerprint density at radius 2 is 2.10 bits per heavy atom. The minimum atomic E-state index is -0.828. The number of anilines is 1. The number of nitrogens with two attached hydrogens (primary N) is 1. The number of aliphatic carboxylic acids is 1. The van der Waals surface area contributed by atoms with E-state index in [0.717, 1.165) is 18.5 Å². The van der Waals surface area contributed by atoms with Gasteiger partial charge in [0.1, 0.15) is 6.04 Å². The Morgan fingerprint density at radius 1 is 1.43 bits per heavy atom. The second-order valence-electron chi connectivity index (χ2n) is 6.06. The van der Waals surface area contributed by atoms with E-state index in [0.29, 0.717) is 16.6 Å². The molecule has 1 aliphatic heterocycles. The van der Waals surface area contributed by atoms with Gasteiger partial charge < -0.3 is 15.7 Å². The lowest BCUT2D eigenvalue weighted by atomic mass is 9.76. The molecule has 1 atom stereocenters. The van der Waals surface area contributed by atoms with Crippen molar-refractivity contribution in [2.24, 2.45) is 11.1 Å². The number of nitrogens with zero attached hydrogens (tertiary/aromatic N) is 1. The van der Waals surface area contributed by atoms with Crippen LogP contribution in [0.4, 0.5) is 5.69 Å². The van der Waals surface area contributed by atoms with Gasteiger partial charge in [0.15, 0.2) is 0 Å². The van der Waals surface area contributed by atoms with Gasteiger partial charge in [0.2, 0.25) is 5.91 Å². The lowest BCUT2D eigenvalue weighted by molar-refractivity contribution is -0.142. The summed E-state index contributed by atoms with van der Waals surface area (Å²) in [7, 11) is 0. The smallest absolute Gasteiger partial charge is 0.326 e. The summed E-state index contributed by atoms with van der Waals surface area (Å²) in [6.07, 6.45) is 1.80. The van der Waals surface area contributed by atoms with Crippen LogP contribution in [-0.2, 0) is 4.79 Å². The average Bonchev–Trinajstić information content (AvgIpc) is 2.36. The van der Waals surface area contributed by atoms with Crippen molar-refractivity contribution >= 4 is 33.5 Å². The summed E-state index contributed by atoms with van der Waals surface area (Å²) in [6, 6.07) is 4.42. The standard InChI is InChI=1S/C15H19BrN2O3/c1-15(2)6-3-7-18(12(15)14(20)21)11-5-4-9(13(17)19)8-10(11)16/h4-5,8,12H,3,6-7H2,1-2H3,(H2,17,19)(H,20,21). The van der Waals surface area contributed by atoms with Crippen LogP contribution in [0.2, 0.25) is 0 Å². The van der Waals surface area contributed by atoms with Crippen LogP contribution in [0, 0.1) is 5.41 Å². The number of benzene rings is 1. The molecule has 2 rings (SSSR count). The van der Waals surface area contributed by atoms with Gasteiger partial charge in [-0.05, 0) is 52.4 Å². The number of hydrogen-bond acceptors (Lipinski definition) is 3. The molecule has 1 saturated heterocycles. The van der Waals surface area contributed by atoms with E-state index in [4.69, 9.17) is 5.73 Å². The molecule has 0 aromatic heterocycles. The Kier molecular flexibility index (Phi) is 4.27. The van der Waals surface area contributed by atoms with Gasteiger partial charge in [-0.2, -0.15) is 0 Å².